The van der Waals surface area contributed by atoms with E-state index in [1.54, 1.807) is 7.11 Å². The largest absolute Gasteiger partial charge is 0.488 e. The van der Waals surface area contributed by atoms with Crippen LogP contribution < -0.4 is 4.74 Å². The van der Waals surface area contributed by atoms with Crippen molar-refractivity contribution in [2.45, 2.75) is 18.6 Å². The lowest BCUT2D eigenvalue weighted by atomic mass is 10.0. The van der Waals surface area contributed by atoms with Gasteiger partial charge >= 0.3 is 0 Å². The Hall–Kier alpha value is -0.820. The standard InChI is InChI=1S/C18H18ClIO3/c1-21-18(16-10-13(20)4-7-17(16)19)12-2-5-14(6-3-12)23-15-8-9-22-11-15/h2-7,10,15,18H,8-9,11H2,1H3. The predicted molar refractivity (Wildman–Crippen MR) is 99.3 cm³/mol. The SMILES string of the molecule is COC(c1ccc(OC2CCOC2)cc1)c1cc(I)ccc1Cl. The van der Waals surface area contributed by atoms with Crippen molar-refractivity contribution in [3.8, 4) is 5.75 Å². The number of rotatable bonds is 5. The summed E-state index contributed by atoms with van der Waals surface area (Å²) in [6.45, 7) is 1.44. The molecular weight excluding hydrogens is 427 g/mol. The van der Waals surface area contributed by atoms with E-state index in [4.69, 9.17) is 25.8 Å². The quantitative estimate of drug-likeness (QED) is 0.617. The first kappa shape index (κ1) is 17.0. The molecule has 2 aromatic rings. The van der Waals surface area contributed by atoms with E-state index in [0.717, 1.165) is 33.5 Å². The highest BCUT2D eigenvalue weighted by atomic mass is 127. The molecule has 0 bridgehead atoms. The number of ether oxygens (including phenoxy) is 3. The van der Waals surface area contributed by atoms with Crippen molar-refractivity contribution in [3.05, 3.63) is 62.2 Å². The third-order valence-electron chi connectivity index (χ3n) is 3.85. The maximum Gasteiger partial charge on any atom is 0.124 e. The van der Waals surface area contributed by atoms with E-state index in [2.05, 4.69) is 28.7 Å². The molecule has 1 fully saturated rings. The molecule has 1 saturated heterocycles. The molecule has 3 rings (SSSR count). The van der Waals surface area contributed by atoms with Crippen molar-refractivity contribution in [1.82, 2.24) is 0 Å². The molecule has 2 aromatic carbocycles. The molecule has 0 saturated carbocycles. The molecule has 0 aromatic heterocycles. The van der Waals surface area contributed by atoms with Crippen molar-refractivity contribution in [1.29, 1.82) is 0 Å². The van der Waals surface area contributed by atoms with Crippen LogP contribution in [-0.2, 0) is 9.47 Å². The van der Waals surface area contributed by atoms with E-state index in [-0.39, 0.29) is 12.2 Å². The average Bonchev–Trinajstić information content (AvgIpc) is 3.06. The van der Waals surface area contributed by atoms with E-state index in [1.165, 1.54) is 0 Å². The summed E-state index contributed by atoms with van der Waals surface area (Å²) in [6, 6.07) is 13.9. The summed E-state index contributed by atoms with van der Waals surface area (Å²) < 4.78 is 18.0. The van der Waals surface area contributed by atoms with Gasteiger partial charge in [-0.05, 0) is 58.5 Å². The van der Waals surface area contributed by atoms with Crippen LogP contribution in [0.1, 0.15) is 23.7 Å². The molecular formula is C18H18ClIO3. The highest BCUT2D eigenvalue weighted by Gasteiger charge is 2.19. The molecule has 2 unspecified atom stereocenters. The Morgan fingerprint density at radius 1 is 1.22 bits per heavy atom. The number of halogens is 2. The summed E-state index contributed by atoms with van der Waals surface area (Å²) in [6.07, 6.45) is 0.908. The fraction of sp³-hybridized carbons (Fsp3) is 0.333. The zero-order valence-electron chi connectivity index (χ0n) is 12.8. The first-order valence-corrected chi connectivity index (χ1v) is 8.95. The molecule has 122 valence electrons. The summed E-state index contributed by atoms with van der Waals surface area (Å²) in [5.41, 5.74) is 2.02. The zero-order valence-corrected chi connectivity index (χ0v) is 15.7. The van der Waals surface area contributed by atoms with Crippen molar-refractivity contribution < 1.29 is 14.2 Å². The second-order valence-corrected chi connectivity index (χ2v) is 7.11. The average molecular weight is 445 g/mol. The van der Waals surface area contributed by atoms with Crippen molar-refractivity contribution >= 4 is 34.2 Å². The van der Waals surface area contributed by atoms with Crippen molar-refractivity contribution in [2.24, 2.45) is 0 Å². The van der Waals surface area contributed by atoms with Crippen molar-refractivity contribution in [3.63, 3.8) is 0 Å². The van der Waals surface area contributed by atoms with Gasteiger partial charge in [0.25, 0.3) is 0 Å². The van der Waals surface area contributed by atoms with Crippen LogP contribution in [0.25, 0.3) is 0 Å². The van der Waals surface area contributed by atoms with Gasteiger partial charge in [-0.25, -0.2) is 0 Å². The minimum absolute atomic E-state index is 0.157. The topological polar surface area (TPSA) is 27.7 Å². The number of hydrogen-bond donors (Lipinski definition) is 0. The smallest absolute Gasteiger partial charge is 0.124 e. The molecule has 1 aliphatic rings. The van der Waals surface area contributed by atoms with Crippen LogP contribution in [0, 0.1) is 3.57 Å². The predicted octanol–water partition coefficient (Wildman–Crippen LogP) is 4.85. The van der Waals surface area contributed by atoms with Crippen LogP contribution in [0.15, 0.2) is 42.5 Å². The van der Waals surface area contributed by atoms with Gasteiger partial charge in [0.05, 0.1) is 13.2 Å². The Morgan fingerprint density at radius 3 is 2.65 bits per heavy atom. The maximum atomic E-state index is 6.34. The van der Waals surface area contributed by atoms with E-state index in [1.807, 2.05) is 36.4 Å². The lowest BCUT2D eigenvalue weighted by Gasteiger charge is -2.19. The molecule has 0 amide bonds. The summed E-state index contributed by atoms with van der Waals surface area (Å²) in [4.78, 5) is 0. The third-order valence-corrected chi connectivity index (χ3v) is 4.86. The van der Waals surface area contributed by atoms with Crippen molar-refractivity contribution in [2.75, 3.05) is 20.3 Å². The van der Waals surface area contributed by atoms with Crippen LogP contribution in [0.5, 0.6) is 5.75 Å². The molecule has 23 heavy (non-hydrogen) atoms. The number of hydrogen-bond acceptors (Lipinski definition) is 3. The maximum absolute atomic E-state index is 6.34. The van der Waals surface area contributed by atoms with Gasteiger partial charge in [0.1, 0.15) is 18.0 Å². The first-order valence-electron chi connectivity index (χ1n) is 7.49. The Bertz CT molecular complexity index is 654. The molecule has 3 nitrogen and oxygen atoms in total. The van der Waals surface area contributed by atoms with Crippen LogP contribution in [0.4, 0.5) is 0 Å². The summed E-state index contributed by atoms with van der Waals surface area (Å²) >= 11 is 8.62. The highest BCUT2D eigenvalue weighted by molar-refractivity contribution is 14.1. The van der Waals surface area contributed by atoms with Gasteiger partial charge in [-0.2, -0.15) is 0 Å². The second-order valence-electron chi connectivity index (χ2n) is 5.45. The zero-order chi connectivity index (χ0) is 16.2. The fourth-order valence-electron chi connectivity index (χ4n) is 2.68. The molecule has 0 spiro atoms. The lowest BCUT2D eigenvalue weighted by molar-refractivity contribution is 0.135. The molecule has 2 atom stereocenters. The fourth-order valence-corrected chi connectivity index (χ4v) is 3.41. The van der Waals surface area contributed by atoms with Gasteiger partial charge in [-0.3, -0.25) is 0 Å². The van der Waals surface area contributed by atoms with Gasteiger partial charge in [0.2, 0.25) is 0 Å². The van der Waals surface area contributed by atoms with E-state index in [9.17, 15) is 0 Å². The Labute approximate surface area is 155 Å². The first-order chi connectivity index (χ1) is 11.2. The van der Waals surface area contributed by atoms with Crippen LogP contribution in [0.3, 0.4) is 0 Å². The van der Waals surface area contributed by atoms with E-state index < -0.39 is 0 Å². The second kappa shape index (κ2) is 7.83. The van der Waals surface area contributed by atoms with Gasteiger partial charge in [-0.1, -0.05) is 23.7 Å². The molecule has 1 heterocycles. The van der Waals surface area contributed by atoms with E-state index >= 15 is 0 Å². The van der Waals surface area contributed by atoms with Gasteiger partial charge in [0.15, 0.2) is 0 Å². The summed E-state index contributed by atoms with van der Waals surface area (Å²) in [5, 5.41) is 0.709. The Morgan fingerprint density at radius 2 is 2.00 bits per heavy atom. The molecule has 0 N–H and O–H groups in total. The summed E-state index contributed by atoms with van der Waals surface area (Å²) in [7, 11) is 1.70. The van der Waals surface area contributed by atoms with Crippen LogP contribution in [-0.4, -0.2) is 26.4 Å². The van der Waals surface area contributed by atoms with Gasteiger partial charge < -0.3 is 14.2 Å². The van der Waals surface area contributed by atoms with Crippen LogP contribution >= 0.6 is 34.2 Å². The van der Waals surface area contributed by atoms with Gasteiger partial charge in [-0.15, -0.1) is 0 Å². The third kappa shape index (κ3) is 4.18. The molecule has 0 radical (unpaired) electrons. The molecule has 1 aliphatic heterocycles. The number of benzene rings is 2. The van der Waals surface area contributed by atoms with Crippen LogP contribution in [0.2, 0.25) is 5.02 Å². The normalized spacial score (nSPS) is 18.8. The monoisotopic (exact) mass is 444 g/mol. The van der Waals surface area contributed by atoms with E-state index in [0.29, 0.717) is 11.6 Å². The number of methoxy groups -OCH3 is 1. The minimum atomic E-state index is -0.193. The lowest BCUT2D eigenvalue weighted by Crippen LogP contribution is -2.15. The summed E-state index contributed by atoms with van der Waals surface area (Å²) in [5.74, 6) is 0.854. The Balaban J connectivity index is 1.79. The highest BCUT2D eigenvalue weighted by Crippen LogP contribution is 2.33. The minimum Gasteiger partial charge on any atom is -0.488 e. The molecule has 0 aliphatic carbocycles. The van der Waals surface area contributed by atoms with Gasteiger partial charge in [0, 0.05) is 27.7 Å². The Kier molecular flexibility index (Phi) is 5.80. The molecule has 5 heteroatoms.